The van der Waals surface area contributed by atoms with Gasteiger partial charge in [0.1, 0.15) is 28.5 Å². The summed E-state index contributed by atoms with van der Waals surface area (Å²) in [4.78, 5) is 49.5. The van der Waals surface area contributed by atoms with E-state index in [9.17, 15) is 19.2 Å². The smallest absolute Gasteiger partial charge is 0.149 e. The molecule has 0 bridgehead atoms. The van der Waals surface area contributed by atoms with Crippen molar-refractivity contribution in [3.63, 3.8) is 0 Å². The standard InChI is InChI=1S/C19H28O4/c1-12(2)17(23)19(10-8-7-9-16(19)22)11-13(3)18(6,14(4)20)15(5)21/h12H,3,7-11H2,1-2,4-6H3. The van der Waals surface area contributed by atoms with Crippen LogP contribution in [-0.4, -0.2) is 23.1 Å². The van der Waals surface area contributed by atoms with Gasteiger partial charge in [0.15, 0.2) is 0 Å². The second-order valence-electron chi connectivity index (χ2n) is 7.25. The highest BCUT2D eigenvalue weighted by Crippen LogP contribution is 2.45. The lowest BCUT2D eigenvalue weighted by Crippen LogP contribution is -2.46. The van der Waals surface area contributed by atoms with E-state index < -0.39 is 10.8 Å². The van der Waals surface area contributed by atoms with Crippen LogP contribution in [0.5, 0.6) is 0 Å². The number of hydrogen-bond acceptors (Lipinski definition) is 4. The molecular formula is C19H28O4. The van der Waals surface area contributed by atoms with Crippen LogP contribution in [0.4, 0.5) is 0 Å². The minimum absolute atomic E-state index is 0.0712. The van der Waals surface area contributed by atoms with Crippen molar-refractivity contribution in [2.24, 2.45) is 16.7 Å². The molecule has 0 aromatic rings. The molecule has 1 fully saturated rings. The molecular weight excluding hydrogens is 292 g/mol. The van der Waals surface area contributed by atoms with Gasteiger partial charge in [0.05, 0.1) is 5.41 Å². The van der Waals surface area contributed by atoms with Gasteiger partial charge in [-0.25, -0.2) is 0 Å². The van der Waals surface area contributed by atoms with E-state index in [4.69, 9.17) is 0 Å². The number of allylic oxidation sites excluding steroid dienone is 1. The van der Waals surface area contributed by atoms with E-state index in [0.717, 1.165) is 12.8 Å². The zero-order valence-electron chi connectivity index (χ0n) is 15.0. The molecule has 0 heterocycles. The summed E-state index contributed by atoms with van der Waals surface area (Å²) in [5.74, 6) is -1.04. The normalized spacial score (nSPS) is 22.1. The lowest BCUT2D eigenvalue weighted by molar-refractivity contribution is -0.146. The fourth-order valence-corrected chi connectivity index (χ4v) is 3.47. The molecule has 1 aliphatic rings. The average Bonchev–Trinajstić information content (AvgIpc) is 2.47. The Morgan fingerprint density at radius 2 is 1.70 bits per heavy atom. The lowest BCUT2D eigenvalue weighted by Gasteiger charge is -2.39. The van der Waals surface area contributed by atoms with Crippen molar-refractivity contribution in [3.05, 3.63) is 12.2 Å². The second-order valence-corrected chi connectivity index (χ2v) is 7.25. The average molecular weight is 320 g/mol. The molecule has 1 unspecified atom stereocenters. The molecule has 4 heteroatoms. The van der Waals surface area contributed by atoms with E-state index in [1.54, 1.807) is 20.8 Å². The molecule has 4 nitrogen and oxygen atoms in total. The molecule has 128 valence electrons. The SMILES string of the molecule is C=C(CC1(C(=O)C(C)C)CCCCC1=O)C(C)(C(C)=O)C(C)=O. The van der Waals surface area contributed by atoms with Crippen molar-refractivity contribution < 1.29 is 19.2 Å². The zero-order valence-corrected chi connectivity index (χ0v) is 15.0. The van der Waals surface area contributed by atoms with Crippen LogP contribution >= 0.6 is 0 Å². The van der Waals surface area contributed by atoms with Gasteiger partial charge in [0, 0.05) is 12.3 Å². The molecule has 0 N–H and O–H groups in total. The van der Waals surface area contributed by atoms with Gasteiger partial charge in [0.2, 0.25) is 0 Å². The molecule has 0 saturated heterocycles. The van der Waals surface area contributed by atoms with E-state index >= 15 is 0 Å². The molecule has 1 atom stereocenters. The van der Waals surface area contributed by atoms with E-state index in [1.807, 2.05) is 0 Å². The number of hydrogen-bond donors (Lipinski definition) is 0. The largest absolute Gasteiger partial charge is 0.299 e. The van der Waals surface area contributed by atoms with Crippen LogP contribution in [0.1, 0.15) is 66.7 Å². The Morgan fingerprint density at radius 3 is 2.09 bits per heavy atom. The minimum Gasteiger partial charge on any atom is -0.299 e. The second kappa shape index (κ2) is 6.90. The molecule has 0 aromatic carbocycles. The van der Waals surface area contributed by atoms with E-state index in [-0.39, 0.29) is 35.5 Å². The van der Waals surface area contributed by atoms with Crippen molar-refractivity contribution in [2.75, 3.05) is 0 Å². The predicted molar refractivity (Wildman–Crippen MR) is 89.0 cm³/mol. The number of carbonyl (C=O) groups is 4. The lowest BCUT2D eigenvalue weighted by atomic mass is 9.61. The first-order valence-corrected chi connectivity index (χ1v) is 8.28. The van der Waals surface area contributed by atoms with Crippen molar-refractivity contribution >= 4 is 23.1 Å². The van der Waals surface area contributed by atoms with Crippen molar-refractivity contribution in [1.29, 1.82) is 0 Å². The van der Waals surface area contributed by atoms with E-state index in [1.165, 1.54) is 13.8 Å². The van der Waals surface area contributed by atoms with Crippen molar-refractivity contribution in [1.82, 2.24) is 0 Å². The van der Waals surface area contributed by atoms with Crippen LogP contribution in [-0.2, 0) is 19.2 Å². The summed E-state index contributed by atoms with van der Waals surface area (Å²) in [6, 6.07) is 0. The van der Waals surface area contributed by atoms with Gasteiger partial charge in [0.25, 0.3) is 0 Å². The Kier molecular flexibility index (Phi) is 5.84. The third kappa shape index (κ3) is 3.36. The van der Waals surface area contributed by atoms with Crippen molar-refractivity contribution in [2.45, 2.75) is 66.7 Å². The summed E-state index contributed by atoms with van der Waals surface area (Å²) in [5.41, 5.74) is -2.07. The molecule has 0 radical (unpaired) electrons. The summed E-state index contributed by atoms with van der Waals surface area (Å²) in [7, 11) is 0. The molecule has 0 spiro atoms. The van der Waals surface area contributed by atoms with Crippen molar-refractivity contribution in [3.8, 4) is 0 Å². The van der Waals surface area contributed by atoms with Crippen LogP contribution in [0.15, 0.2) is 12.2 Å². The van der Waals surface area contributed by atoms with Gasteiger partial charge in [-0.1, -0.05) is 32.4 Å². The Labute approximate surface area is 138 Å². The van der Waals surface area contributed by atoms with Crippen LogP contribution in [0.3, 0.4) is 0 Å². The maximum absolute atomic E-state index is 12.8. The number of Topliss-reactive ketones (excluding diaryl/α,β-unsaturated/α-hetero) is 4. The van der Waals surface area contributed by atoms with Gasteiger partial charge >= 0.3 is 0 Å². The summed E-state index contributed by atoms with van der Waals surface area (Å²) >= 11 is 0. The summed E-state index contributed by atoms with van der Waals surface area (Å²) in [6.45, 7) is 11.8. The topological polar surface area (TPSA) is 68.3 Å². The maximum Gasteiger partial charge on any atom is 0.149 e. The number of rotatable bonds is 7. The molecule has 1 aliphatic carbocycles. The Hall–Kier alpha value is -1.58. The first kappa shape index (κ1) is 19.5. The number of ketones is 4. The first-order valence-electron chi connectivity index (χ1n) is 8.28. The van der Waals surface area contributed by atoms with Crippen LogP contribution < -0.4 is 0 Å². The van der Waals surface area contributed by atoms with Gasteiger partial charge < -0.3 is 0 Å². The fraction of sp³-hybridized carbons (Fsp3) is 0.684. The van der Waals surface area contributed by atoms with Gasteiger partial charge in [-0.2, -0.15) is 0 Å². The third-order valence-electron chi connectivity index (χ3n) is 5.42. The zero-order chi connectivity index (χ0) is 18.0. The molecule has 1 rings (SSSR count). The molecule has 23 heavy (non-hydrogen) atoms. The molecule has 0 amide bonds. The Balaban J connectivity index is 3.28. The van der Waals surface area contributed by atoms with E-state index in [0.29, 0.717) is 18.4 Å². The van der Waals surface area contributed by atoms with E-state index in [2.05, 4.69) is 6.58 Å². The molecule has 1 saturated carbocycles. The predicted octanol–water partition coefficient (Wildman–Crippen LogP) is 3.47. The Bertz CT molecular complexity index is 542. The summed E-state index contributed by atoms with van der Waals surface area (Å²) in [6.07, 6.45) is 2.54. The summed E-state index contributed by atoms with van der Waals surface area (Å²) < 4.78 is 0. The molecule has 0 aromatic heterocycles. The monoisotopic (exact) mass is 320 g/mol. The van der Waals surface area contributed by atoms with Gasteiger partial charge in [-0.15, -0.1) is 0 Å². The van der Waals surface area contributed by atoms with Crippen LogP contribution in [0.2, 0.25) is 0 Å². The highest BCUT2D eigenvalue weighted by Gasteiger charge is 2.50. The molecule has 0 aliphatic heterocycles. The summed E-state index contributed by atoms with van der Waals surface area (Å²) in [5, 5.41) is 0. The minimum atomic E-state index is -1.33. The first-order chi connectivity index (χ1) is 10.5. The van der Waals surface area contributed by atoms with Crippen LogP contribution in [0, 0.1) is 16.7 Å². The third-order valence-corrected chi connectivity index (χ3v) is 5.42. The van der Waals surface area contributed by atoms with Gasteiger partial charge in [-0.3, -0.25) is 19.2 Å². The van der Waals surface area contributed by atoms with Crippen LogP contribution in [0.25, 0.3) is 0 Å². The quantitative estimate of drug-likeness (QED) is 0.532. The number of carbonyl (C=O) groups excluding carboxylic acids is 4. The highest BCUT2D eigenvalue weighted by atomic mass is 16.2. The Morgan fingerprint density at radius 1 is 1.17 bits per heavy atom. The highest BCUT2D eigenvalue weighted by molar-refractivity contribution is 6.10. The fourth-order valence-electron chi connectivity index (χ4n) is 3.47. The van der Waals surface area contributed by atoms with Gasteiger partial charge in [-0.05, 0) is 40.0 Å². The maximum atomic E-state index is 12.8.